The first kappa shape index (κ1) is 16.6. The summed E-state index contributed by atoms with van der Waals surface area (Å²) in [6.07, 6.45) is 2.99. The second-order valence-electron chi connectivity index (χ2n) is 5.20. The molecule has 0 saturated carbocycles. The summed E-state index contributed by atoms with van der Waals surface area (Å²) in [5.41, 5.74) is 6.52. The van der Waals surface area contributed by atoms with Crippen molar-refractivity contribution in [3.05, 3.63) is 28.8 Å². The van der Waals surface area contributed by atoms with Crippen LogP contribution in [0, 0.1) is 0 Å². The molecule has 3 N–H and O–H groups in total. The summed E-state index contributed by atoms with van der Waals surface area (Å²) < 4.78 is 4.63. The lowest BCUT2D eigenvalue weighted by Crippen LogP contribution is -2.49. The molecule has 1 aromatic carbocycles. The van der Waals surface area contributed by atoms with Gasteiger partial charge in [0.1, 0.15) is 0 Å². The highest BCUT2D eigenvalue weighted by Gasteiger charge is 2.25. The highest BCUT2D eigenvalue weighted by Crippen LogP contribution is 2.23. The molecule has 1 fully saturated rings. The molecule has 0 aromatic heterocycles. The van der Waals surface area contributed by atoms with Gasteiger partial charge in [-0.2, -0.15) is 0 Å². The highest BCUT2D eigenvalue weighted by atomic mass is 35.5. The minimum Gasteiger partial charge on any atom is -0.465 e. The number of hydrogen-bond donors (Lipinski definition) is 2. The fourth-order valence-corrected chi connectivity index (χ4v) is 2.83. The summed E-state index contributed by atoms with van der Waals surface area (Å²) in [5, 5.41) is 3.03. The number of amides is 2. The van der Waals surface area contributed by atoms with Crippen LogP contribution >= 0.6 is 11.6 Å². The van der Waals surface area contributed by atoms with Gasteiger partial charge in [-0.3, -0.25) is 0 Å². The maximum atomic E-state index is 12.3. The zero-order valence-corrected chi connectivity index (χ0v) is 13.2. The van der Waals surface area contributed by atoms with Crippen LogP contribution in [0.15, 0.2) is 18.2 Å². The Balaban J connectivity index is 2.08. The second-order valence-corrected chi connectivity index (χ2v) is 5.60. The molecule has 120 valence electrons. The summed E-state index contributed by atoms with van der Waals surface area (Å²) >= 11 is 6.04. The Morgan fingerprint density at radius 3 is 2.86 bits per heavy atom. The lowest BCUT2D eigenvalue weighted by molar-refractivity contribution is 0.0601. The van der Waals surface area contributed by atoms with Gasteiger partial charge < -0.3 is 20.7 Å². The number of rotatable bonds is 3. The molecule has 2 amide bonds. The van der Waals surface area contributed by atoms with E-state index in [0.717, 1.165) is 19.3 Å². The number of piperidine rings is 1. The number of methoxy groups -OCH3 is 1. The minimum absolute atomic E-state index is 0.0681. The number of benzene rings is 1. The molecule has 1 aliphatic rings. The van der Waals surface area contributed by atoms with Crippen LogP contribution in [0.2, 0.25) is 5.02 Å². The number of nitrogens with two attached hydrogens (primary N) is 1. The quantitative estimate of drug-likeness (QED) is 0.836. The van der Waals surface area contributed by atoms with E-state index in [0.29, 0.717) is 18.8 Å². The second kappa shape index (κ2) is 7.47. The van der Waals surface area contributed by atoms with Crippen molar-refractivity contribution in [2.24, 2.45) is 5.73 Å². The third-order valence-electron chi connectivity index (χ3n) is 3.79. The van der Waals surface area contributed by atoms with Gasteiger partial charge in [-0.1, -0.05) is 11.6 Å². The molecule has 0 unspecified atom stereocenters. The van der Waals surface area contributed by atoms with Crippen molar-refractivity contribution in [3.63, 3.8) is 0 Å². The number of ether oxygens (including phenoxy) is 1. The maximum Gasteiger partial charge on any atom is 0.339 e. The highest BCUT2D eigenvalue weighted by molar-refractivity contribution is 6.33. The number of likely N-dealkylation sites (tertiary alicyclic amines) is 1. The monoisotopic (exact) mass is 325 g/mol. The summed E-state index contributed by atoms with van der Waals surface area (Å²) in [7, 11) is 1.29. The molecule has 6 nitrogen and oxygen atoms in total. The number of nitrogens with one attached hydrogen (secondary N) is 1. The van der Waals surface area contributed by atoms with Gasteiger partial charge in [0.05, 0.1) is 17.7 Å². The van der Waals surface area contributed by atoms with Crippen LogP contribution in [0.1, 0.15) is 29.6 Å². The van der Waals surface area contributed by atoms with Crippen LogP contribution in [-0.2, 0) is 4.74 Å². The first-order valence-corrected chi connectivity index (χ1v) is 7.60. The molecule has 2 rings (SSSR count). The minimum atomic E-state index is -0.512. The van der Waals surface area contributed by atoms with Crippen molar-refractivity contribution in [1.29, 1.82) is 0 Å². The fourth-order valence-electron chi connectivity index (χ4n) is 2.58. The van der Waals surface area contributed by atoms with Gasteiger partial charge >= 0.3 is 12.0 Å². The predicted molar refractivity (Wildman–Crippen MR) is 85.2 cm³/mol. The Morgan fingerprint density at radius 1 is 1.45 bits per heavy atom. The molecule has 0 spiro atoms. The Hall–Kier alpha value is -1.79. The molecule has 0 radical (unpaired) electrons. The van der Waals surface area contributed by atoms with Gasteiger partial charge in [-0.05, 0) is 37.5 Å². The number of halogens is 1. The number of carbonyl (C=O) groups excluding carboxylic acids is 2. The summed E-state index contributed by atoms with van der Waals surface area (Å²) in [6.45, 7) is 1.15. The zero-order valence-electron chi connectivity index (χ0n) is 12.5. The normalized spacial score (nSPS) is 18.0. The van der Waals surface area contributed by atoms with E-state index in [-0.39, 0.29) is 22.7 Å². The van der Waals surface area contributed by atoms with Gasteiger partial charge in [-0.15, -0.1) is 0 Å². The Kier molecular flexibility index (Phi) is 5.63. The average Bonchev–Trinajstić information content (AvgIpc) is 2.54. The molecule has 1 aromatic rings. The number of nitrogens with zero attached hydrogens (tertiary/aromatic N) is 1. The number of esters is 1. The number of anilines is 1. The summed E-state index contributed by atoms with van der Waals surface area (Å²) in [5.74, 6) is -0.512. The first-order valence-electron chi connectivity index (χ1n) is 7.22. The Labute approximate surface area is 134 Å². The SMILES string of the molecule is COC(=O)c1ccc(NC(=O)N2CCCC[C@H]2CN)cc1Cl. The molecule has 7 heteroatoms. The van der Waals surface area contributed by atoms with Crippen LogP contribution in [-0.4, -0.2) is 43.1 Å². The summed E-state index contributed by atoms with van der Waals surface area (Å²) in [4.78, 5) is 25.6. The lowest BCUT2D eigenvalue weighted by Gasteiger charge is -2.35. The van der Waals surface area contributed by atoms with Crippen LogP contribution < -0.4 is 11.1 Å². The zero-order chi connectivity index (χ0) is 16.1. The van der Waals surface area contributed by atoms with Gasteiger partial charge in [0.2, 0.25) is 0 Å². The molecule has 1 atom stereocenters. The predicted octanol–water partition coefficient (Wildman–Crippen LogP) is 2.47. The van der Waals surface area contributed by atoms with E-state index in [1.165, 1.54) is 19.2 Å². The van der Waals surface area contributed by atoms with Crippen molar-refractivity contribution in [2.45, 2.75) is 25.3 Å². The van der Waals surface area contributed by atoms with Crippen molar-refractivity contribution < 1.29 is 14.3 Å². The molecule has 1 aliphatic heterocycles. The number of carbonyl (C=O) groups is 2. The van der Waals surface area contributed by atoms with E-state index in [2.05, 4.69) is 10.1 Å². The van der Waals surface area contributed by atoms with Crippen LogP contribution in [0.25, 0.3) is 0 Å². The van der Waals surface area contributed by atoms with E-state index in [1.54, 1.807) is 11.0 Å². The first-order chi connectivity index (χ1) is 10.6. The lowest BCUT2D eigenvalue weighted by atomic mass is 10.0. The van der Waals surface area contributed by atoms with Crippen molar-refractivity contribution >= 4 is 29.3 Å². The van der Waals surface area contributed by atoms with Crippen LogP contribution in [0.4, 0.5) is 10.5 Å². The molecular weight excluding hydrogens is 306 g/mol. The molecule has 0 aliphatic carbocycles. The molecule has 1 saturated heterocycles. The molecule has 22 heavy (non-hydrogen) atoms. The van der Waals surface area contributed by atoms with E-state index in [1.807, 2.05) is 0 Å². The number of hydrogen-bond acceptors (Lipinski definition) is 4. The van der Waals surface area contributed by atoms with E-state index in [9.17, 15) is 9.59 Å². The van der Waals surface area contributed by atoms with Crippen molar-refractivity contribution in [2.75, 3.05) is 25.5 Å². The third kappa shape index (κ3) is 3.69. The number of urea groups is 1. The van der Waals surface area contributed by atoms with Crippen molar-refractivity contribution in [1.82, 2.24) is 4.90 Å². The Bertz CT molecular complexity index is 565. The van der Waals surface area contributed by atoms with E-state index in [4.69, 9.17) is 17.3 Å². The van der Waals surface area contributed by atoms with Crippen LogP contribution in [0.5, 0.6) is 0 Å². The topological polar surface area (TPSA) is 84.7 Å². The van der Waals surface area contributed by atoms with Crippen molar-refractivity contribution in [3.8, 4) is 0 Å². The third-order valence-corrected chi connectivity index (χ3v) is 4.10. The molecular formula is C15H20ClN3O3. The smallest absolute Gasteiger partial charge is 0.339 e. The van der Waals surface area contributed by atoms with Gasteiger partial charge in [0.15, 0.2) is 0 Å². The van der Waals surface area contributed by atoms with Gasteiger partial charge in [0, 0.05) is 24.8 Å². The maximum absolute atomic E-state index is 12.3. The fraction of sp³-hybridized carbons (Fsp3) is 0.467. The Morgan fingerprint density at radius 2 is 2.23 bits per heavy atom. The van der Waals surface area contributed by atoms with E-state index >= 15 is 0 Å². The standard InChI is InChI=1S/C15H20ClN3O3/c1-22-14(20)12-6-5-10(8-13(12)16)18-15(21)19-7-3-2-4-11(19)9-17/h5-6,8,11H,2-4,7,9,17H2,1H3,(H,18,21)/t11-/m0/s1. The van der Waals surface area contributed by atoms with Gasteiger partial charge in [0.25, 0.3) is 0 Å². The molecule has 1 heterocycles. The average molecular weight is 326 g/mol. The van der Waals surface area contributed by atoms with E-state index < -0.39 is 5.97 Å². The van der Waals surface area contributed by atoms with Gasteiger partial charge in [-0.25, -0.2) is 9.59 Å². The molecule has 0 bridgehead atoms. The van der Waals surface area contributed by atoms with Crippen LogP contribution in [0.3, 0.4) is 0 Å². The largest absolute Gasteiger partial charge is 0.465 e. The summed E-state index contributed by atoms with van der Waals surface area (Å²) in [6, 6.07) is 4.56.